The number of carbonyl (C=O) groups excluding carboxylic acids is 2. The zero-order chi connectivity index (χ0) is 24.2. The quantitative estimate of drug-likeness (QED) is 0.610. The molecule has 2 fully saturated rings. The molecule has 0 unspecified atom stereocenters. The molecule has 182 valence electrons. The molecule has 11 heteroatoms. The number of benzene rings is 1. The molecule has 2 atom stereocenters. The van der Waals surface area contributed by atoms with Crippen molar-refractivity contribution in [2.45, 2.75) is 50.5 Å². The van der Waals surface area contributed by atoms with Crippen molar-refractivity contribution in [3.63, 3.8) is 0 Å². The van der Waals surface area contributed by atoms with Crippen LogP contribution in [0.2, 0.25) is 0 Å². The SMILES string of the molecule is COc1ccc(CCN2C(=NC(=O)CCNC(=O)OC(C)(C)C)S[C@H]3CS(=O)(=O)C[C@H]32)cc1. The van der Waals surface area contributed by atoms with Gasteiger partial charge in [0.05, 0.1) is 24.7 Å². The van der Waals surface area contributed by atoms with Gasteiger partial charge in [0.2, 0.25) is 5.91 Å². The summed E-state index contributed by atoms with van der Waals surface area (Å²) < 4.78 is 34.7. The lowest BCUT2D eigenvalue weighted by atomic mass is 10.1. The number of fused-ring (bicyclic) bond motifs is 1. The van der Waals surface area contributed by atoms with Crippen molar-refractivity contribution in [1.29, 1.82) is 0 Å². The molecule has 2 aliphatic heterocycles. The maximum Gasteiger partial charge on any atom is 0.407 e. The van der Waals surface area contributed by atoms with Crippen LogP contribution in [0.4, 0.5) is 4.79 Å². The molecule has 2 amide bonds. The van der Waals surface area contributed by atoms with E-state index in [4.69, 9.17) is 9.47 Å². The minimum atomic E-state index is -3.10. The molecule has 0 spiro atoms. The zero-order valence-electron chi connectivity index (χ0n) is 19.4. The average molecular weight is 498 g/mol. The Balaban J connectivity index is 1.62. The van der Waals surface area contributed by atoms with Crippen molar-refractivity contribution in [2.24, 2.45) is 4.99 Å². The first-order valence-electron chi connectivity index (χ1n) is 10.8. The van der Waals surface area contributed by atoms with Gasteiger partial charge in [0.15, 0.2) is 15.0 Å². The predicted molar refractivity (Wildman–Crippen MR) is 129 cm³/mol. The number of carbonyl (C=O) groups is 2. The van der Waals surface area contributed by atoms with E-state index in [1.807, 2.05) is 29.2 Å². The minimum Gasteiger partial charge on any atom is -0.497 e. The van der Waals surface area contributed by atoms with Crippen LogP contribution in [0.15, 0.2) is 29.3 Å². The fourth-order valence-electron chi connectivity index (χ4n) is 3.69. The van der Waals surface area contributed by atoms with Gasteiger partial charge in [-0.2, -0.15) is 4.99 Å². The Morgan fingerprint density at radius 2 is 1.91 bits per heavy atom. The number of rotatable bonds is 7. The Bertz CT molecular complexity index is 1000. The number of hydrogen-bond acceptors (Lipinski definition) is 7. The van der Waals surface area contributed by atoms with Crippen molar-refractivity contribution < 1.29 is 27.5 Å². The first kappa shape index (κ1) is 25.4. The maximum atomic E-state index is 12.5. The standard InChI is InChI=1S/C22H31N3O6S2/c1-22(2,3)31-21(27)23-11-9-19(26)24-20-25(17-13-33(28,29)14-18(17)32-20)12-10-15-5-7-16(30-4)8-6-15/h5-8,17-18H,9-14H2,1-4H3,(H,23,27)/t17-,18+/m1/s1. The molecule has 2 aliphatic rings. The molecule has 1 aromatic carbocycles. The lowest BCUT2D eigenvalue weighted by Crippen LogP contribution is -2.39. The molecular weight excluding hydrogens is 466 g/mol. The maximum absolute atomic E-state index is 12.5. The second-order valence-corrected chi connectivity index (χ2v) is 12.4. The molecule has 0 aromatic heterocycles. The second kappa shape index (κ2) is 10.3. The number of nitrogens with zero attached hydrogens (tertiary/aromatic N) is 2. The largest absolute Gasteiger partial charge is 0.497 e. The van der Waals surface area contributed by atoms with Crippen LogP contribution in [0.1, 0.15) is 32.8 Å². The summed E-state index contributed by atoms with van der Waals surface area (Å²) in [6.07, 6.45) is 0.129. The molecule has 0 bridgehead atoms. The lowest BCUT2D eigenvalue weighted by molar-refractivity contribution is -0.117. The van der Waals surface area contributed by atoms with Gasteiger partial charge in [-0.05, 0) is 44.9 Å². The predicted octanol–water partition coefficient (Wildman–Crippen LogP) is 2.25. The van der Waals surface area contributed by atoms with Gasteiger partial charge in [-0.3, -0.25) is 4.79 Å². The van der Waals surface area contributed by atoms with Crippen LogP contribution in [-0.4, -0.2) is 79.1 Å². The molecule has 0 saturated carbocycles. The molecule has 2 heterocycles. The van der Waals surface area contributed by atoms with Crippen LogP contribution in [0, 0.1) is 0 Å². The van der Waals surface area contributed by atoms with Crippen LogP contribution in [-0.2, 0) is 25.8 Å². The highest BCUT2D eigenvalue weighted by molar-refractivity contribution is 8.15. The van der Waals surface area contributed by atoms with Crippen LogP contribution >= 0.6 is 11.8 Å². The summed E-state index contributed by atoms with van der Waals surface area (Å²) >= 11 is 1.35. The van der Waals surface area contributed by atoms with E-state index in [-0.39, 0.29) is 41.7 Å². The third kappa shape index (κ3) is 7.36. The number of thioether (sulfide) groups is 1. The smallest absolute Gasteiger partial charge is 0.407 e. The highest BCUT2D eigenvalue weighted by Gasteiger charge is 2.48. The normalized spacial score (nSPS) is 22.8. The number of aliphatic imine (C=N–C) groups is 1. The van der Waals surface area contributed by atoms with Crippen LogP contribution in [0.25, 0.3) is 0 Å². The van der Waals surface area contributed by atoms with E-state index in [0.717, 1.165) is 11.3 Å². The summed E-state index contributed by atoms with van der Waals surface area (Å²) in [5, 5.41) is 2.98. The molecule has 33 heavy (non-hydrogen) atoms. The van der Waals surface area contributed by atoms with E-state index in [1.165, 1.54) is 11.8 Å². The Labute approximate surface area is 199 Å². The summed E-state index contributed by atoms with van der Waals surface area (Å²) in [7, 11) is -1.49. The van der Waals surface area contributed by atoms with Gasteiger partial charge in [-0.15, -0.1) is 0 Å². The number of amides is 2. The highest BCUT2D eigenvalue weighted by atomic mass is 32.2. The van der Waals surface area contributed by atoms with Crippen LogP contribution in [0.3, 0.4) is 0 Å². The van der Waals surface area contributed by atoms with E-state index < -0.39 is 21.5 Å². The average Bonchev–Trinajstić information content (AvgIpc) is 3.16. The van der Waals surface area contributed by atoms with Crippen LogP contribution < -0.4 is 10.1 Å². The van der Waals surface area contributed by atoms with E-state index in [0.29, 0.717) is 18.1 Å². The third-order valence-corrected chi connectivity index (χ3v) is 8.45. The van der Waals surface area contributed by atoms with Gasteiger partial charge in [-0.1, -0.05) is 23.9 Å². The van der Waals surface area contributed by atoms with Gasteiger partial charge >= 0.3 is 6.09 Å². The Morgan fingerprint density at radius 3 is 2.55 bits per heavy atom. The Morgan fingerprint density at radius 1 is 1.21 bits per heavy atom. The fourth-order valence-corrected chi connectivity index (χ4v) is 7.68. The molecule has 3 rings (SSSR count). The number of hydrogen-bond donors (Lipinski definition) is 1. The molecule has 1 aromatic rings. The number of amidine groups is 1. The van der Waals surface area contributed by atoms with Crippen molar-refractivity contribution in [3.8, 4) is 5.75 Å². The number of sulfone groups is 1. The summed E-state index contributed by atoms with van der Waals surface area (Å²) in [6, 6.07) is 7.51. The Hall–Kier alpha value is -2.27. The van der Waals surface area contributed by atoms with Crippen molar-refractivity contribution in [3.05, 3.63) is 29.8 Å². The number of ether oxygens (including phenoxy) is 2. The second-order valence-electron chi connectivity index (χ2n) is 9.06. The van der Waals surface area contributed by atoms with E-state index in [1.54, 1.807) is 27.9 Å². The number of methoxy groups -OCH3 is 1. The van der Waals surface area contributed by atoms with Gasteiger partial charge in [0.25, 0.3) is 0 Å². The molecule has 2 saturated heterocycles. The van der Waals surface area contributed by atoms with E-state index >= 15 is 0 Å². The summed E-state index contributed by atoms with van der Waals surface area (Å²) in [5.74, 6) is 0.561. The highest BCUT2D eigenvalue weighted by Crippen LogP contribution is 2.38. The zero-order valence-corrected chi connectivity index (χ0v) is 21.0. The Kier molecular flexibility index (Phi) is 7.94. The van der Waals surface area contributed by atoms with Crippen LogP contribution in [0.5, 0.6) is 5.75 Å². The number of alkyl carbamates (subject to hydrolysis) is 1. The van der Waals surface area contributed by atoms with Gasteiger partial charge in [0.1, 0.15) is 11.4 Å². The topological polar surface area (TPSA) is 114 Å². The minimum absolute atomic E-state index is 0.0310. The summed E-state index contributed by atoms with van der Waals surface area (Å²) in [6.45, 7) is 5.95. The first-order valence-corrected chi connectivity index (χ1v) is 13.5. The summed E-state index contributed by atoms with van der Waals surface area (Å²) in [4.78, 5) is 30.4. The van der Waals surface area contributed by atoms with E-state index in [9.17, 15) is 18.0 Å². The van der Waals surface area contributed by atoms with Crippen molar-refractivity contribution in [1.82, 2.24) is 10.2 Å². The van der Waals surface area contributed by atoms with Gasteiger partial charge in [-0.25, -0.2) is 13.2 Å². The third-order valence-electron chi connectivity index (χ3n) is 5.20. The monoisotopic (exact) mass is 497 g/mol. The van der Waals surface area contributed by atoms with Gasteiger partial charge < -0.3 is 19.7 Å². The number of nitrogens with one attached hydrogen (secondary N) is 1. The molecular formula is C22H31N3O6S2. The van der Waals surface area contributed by atoms with Crippen molar-refractivity contribution in [2.75, 3.05) is 31.7 Å². The van der Waals surface area contributed by atoms with E-state index in [2.05, 4.69) is 10.3 Å². The lowest BCUT2D eigenvalue weighted by Gasteiger charge is -2.24. The molecule has 1 N–H and O–H groups in total. The van der Waals surface area contributed by atoms with Crippen molar-refractivity contribution >= 4 is 38.8 Å². The fraction of sp³-hybridized carbons (Fsp3) is 0.591. The molecule has 9 nitrogen and oxygen atoms in total. The first-order chi connectivity index (χ1) is 15.5. The van der Waals surface area contributed by atoms with Gasteiger partial charge in [0, 0.05) is 24.8 Å². The summed E-state index contributed by atoms with van der Waals surface area (Å²) in [5.41, 5.74) is 0.467. The molecule has 0 radical (unpaired) electrons. The molecule has 0 aliphatic carbocycles.